The van der Waals surface area contributed by atoms with Crippen molar-refractivity contribution in [1.29, 1.82) is 0 Å². The van der Waals surface area contributed by atoms with E-state index in [1.165, 1.54) is 128 Å². The Kier molecular flexibility index (Phi) is 40.6. The minimum atomic E-state index is 0. The first-order valence-corrected chi connectivity index (χ1v) is 19.0. The van der Waals surface area contributed by atoms with Crippen molar-refractivity contribution in [3.8, 4) is 0 Å². The first-order valence-electron chi connectivity index (χ1n) is 17.8. The molecule has 5 aliphatic rings. The number of hydrogen-bond donors (Lipinski definition) is 0. The third-order valence-corrected chi connectivity index (χ3v) is 10.2. The van der Waals surface area contributed by atoms with Gasteiger partial charge in [-0.05, 0) is 167 Å². The van der Waals surface area contributed by atoms with Gasteiger partial charge in [-0.1, -0.05) is 50.0 Å². The molecule has 5 aliphatic heterocycles. The number of piperidine rings is 2. The molecule has 0 aliphatic carbocycles. The highest BCUT2D eigenvalue weighted by Gasteiger charge is 2.16. The Balaban J connectivity index is -0.000000149. The number of nitrogens with zero attached hydrogens (tertiary/aromatic N) is 5. The summed E-state index contributed by atoms with van der Waals surface area (Å²) in [5.41, 5.74) is 0. The zero-order valence-electron chi connectivity index (χ0n) is 29.7. The van der Waals surface area contributed by atoms with Gasteiger partial charge < -0.3 is 19.6 Å². The number of hydrogen-bond acceptors (Lipinski definition) is 6. The summed E-state index contributed by atoms with van der Waals surface area (Å²) in [6.07, 6.45) is 12.8. The summed E-state index contributed by atoms with van der Waals surface area (Å²) in [5, 5.41) is 0. The largest absolute Gasteiger partial charge is 0.301 e. The van der Waals surface area contributed by atoms with Crippen LogP contribution in [0.3, 0.4) is 0 Å². The summed E-state index contributed by atoms with van der Waals surface area (Å²) in [7, 11) is 0. The maximum absolute atomic E-state index is 2.56. The summed E-state index contributed by atoms with van der Waals surface area (Å²) in [6.45, 7) is 34.6. The molecule has 0 N–H and O–H groups in total. The van der Waals surface area contributed by atoms with E-state index in [1.54, 1.807) is 0 Å². The van der Waals surface area contributed by atoms with Gasteiger partial charge in [-0.3, -0.25) is 4.90 Å². The first-order chi connectivity index (χ1) is 19.5. The zero-order valence-corrected chi connectivity index (χ0v) is 30.5. The second-order valence-electron chi connectivity index (χ2n) is 14.1. The van der Waals surface area contributed by atoms with Crippen LogP contribution in [0.2, 0.25) is 0 Å². The first kappa shape index (κ1) is 55.6. The van der Waals surface area contributed by atoms with Crippen LogP contribution in [-0.4, -0.2) is 125 Å². The lowest BCUT2D eigenvalue weighted by molar-refractivity contribution is 0.138. The van der Waals surface area contributed by atoms with Gasteiger partial charge in [0, 0.05) is 48.4 Å². The minimum Gasteiger partial charge on any atom is -0.301 e. The van der Waals surface area contributed by atoms with E-state index < -0.39 is 0 Å². The molecule has 5 fully saturated rings. The van der Waals surface area contributed by atoms with E-state index in [0.717, 1.165) is 30.2 Å². The van der Waals surface area contributed by atoms with Crippen LogP contribution in [0.25, 0.3) is 0 Å². The molecule has 5 nitrogen and oxygen atoms in total. The van der Waals surface area contributed by atoms with Crippen molar-refractivity contribution >= 4 is 11.8 Å². The fraction of sp³-hybridized carbons (Fsp3) is 1.00. The van der Waals surface area contributed by atoms with E-state index in [4.69, 9.17) is 0 Å². The van der Waals surface area contributed by atoms with Crippen LogP contribution in [-0.2, 0) is 0 Å². The maximum Gasteiger partial charge on any atom is 0.0447 e. The van der Waals surface area contributed by atoms with Gasteiger partial charge in [0.2, 0.25) is 0 Å². The Bertz CT molecular complexity index is 528. The van der Waals surface area contributed by atoms with Crippen LogP contribution >= 0.6 is 11.8 Å². The van der Waals surface area contributed by atoms with Crippen molar-refractivity contribution < 1.29 is 0 Å². The lowest BCUT2D eigenvalue weighted by atomic mass is 10.1. The van der Waals surface area contributed by atoms with Crippen LogP contribution in [0.5, 0.6) is 0 Å². The van der Waals surface area contributed by atoms with Crippen molar-refractivity contribution in [3.05, 3.63) is 0 Å². The molecule has 5 saturated heterocycles. The zero-order chi connectivity index (χ0) is 30.6. The van der Waals surface area contributed by atoms with E-state index in [9.17, 15) is 0 Å². The van der Waals surface area contributed by atoms with E-state index in [-0.39, 0.29) is 37.1 Å². The van der Waals surface area contributed by atoms with Gasteiger partial charge in [-0.25, -0.2) is 0 Å². The van der Waals surface area contributed by atoms with Crippen LogP contribution in [0.15, 0.2) is 0 Å². The van der Waals surface area contributed by atoms with Crippen LogP contribution in [0.4, 0.5) is 0 Å². The highest BCUT2D eigenvalue weighted by atomic mass is 32.2. The normalized spacial score (nSPS) is 20.4. The molecule has 0 bridgehead atoms. The molecule has 0 atom stereocenters. The molecule has 0 radical (unpaired) electrons. The molecule has 5 rings (SSSR count). The van der Waals surface area contributed by atoms with Crippen molar-refractivity contribution in [2.75, 3.05) is 70.5 Å². The molecule has 0 aromatic heterocycles. The Morgan fingerprint density at radius 1 is 0.304 bits per heavy atom. The third-order valence-electron chi connectivity index (χ3n) is 9.24. The van der Waals surface area contributed by atoms with Gasteiger partial charge in [0.25, 0.3) is 0 Å². The average Bonchev–Trinajstić information content (AvgIpc) is 3.65. The molecule has 286 valence electrons. The number of thioether (sulfide) groups is 1. The highest BCUT2D eigenvalue weighted by molar-refractivity contribution is 7.99. The van der Waals surface area contributed by atoms with Crippen LogP contribution in [0, 0.1) is 0 Å². The molecular formula is C40H95N5S. The number of rotatable bonds is 5. The molecule has 5 heterocycles. The van der Waals surface area contributed by atoms with E-state index in [0.29, 0.717) is 0 Å². The van der Waals surface area contributed by atoms with E-state index >= 15 is 0 Å². The monoisotopic (exact) mass is 678 g/mol. The molecule has 0 spiro atoms. The standard InChI is InChI=1S/2C8H17N.C7H15N.C6H13NS.C6H13N.5CH4/c2*1-8(2)9-6-4-3-5-7-9;1-7(2)8-5-3-4-6-8;1-6(2)7-3-4-8-5-7;1-6(2)7-4-3-5-7;;;;;/h2*8H,3-7H2,1-2H3;7H,3-6H2,1-2H3;6H,3-5H2,1-2H3;6H,3-5H2,1-2H3;5*1H4. The second-order valence-corrected chi connectivity index (χ2v) is 15.2. The number of likely N-dealkylation sites (tertiary alicyclic amines) is 4. The van der Waals surface area contributed by atoms with Crippen molar-refractivity contribution in [2.24, 2.45) is 0 Å². The minimum absolute atomic E-state index is 0. The summed E-state index contributed by atoms with van der Waals surface area (Å²) in [6, 6.07) is 3.85. The van der Waals surface area contributed by atoms with Crippen LogP contribution < -0.4 is 0 Å². The van der Waals surface area contributed by atoms with Gasteiger partial charge in [-0.2, -0.15) is 0 Å². The van der Waals surface area contributed by atoms with Crippen molar-refractivity contribution in [3.63, 3.8) is 0 Å². The Labute approximate surface area is 300 Å². The van der Waals surface area contributed by atoms with Gasteiger partial charge in [-0.15, -0.1) is 11.8 Å². The molecule has 0 unspecified atom stereocenters. The molecule has 0 aromatic carbocycles. The molecule has 0 aromatic rings. The summed E-state index contributed by atoms with van der Waals surface area (Å²) in [4.78, 5) is 12.6. The predicted molar refractivity (Wildman–Crippen MR) is 221 cm³/mol. The molecule has 0 saturated carbocycles. The lowest BCUT2D eigenvalue weighted by Gasteiger charge is -2.34. The molecule has 46 heavy (non-hydrogen) atoms. The van der Waals surface area contributed by atoms with Crippen LogP contribution in [0.1, 0.15) is 164 Å². The van der Waals surface area contributed by atoms with E-state index in [2.05, 4.69) is 93.7 Å². The topological polar surface area (TPSA) is 16.2 Å². The highest BCUT2D eigenvalue weighted by Crippen LogP contribution is 2.15. The fourth-order valence-electron chi connectivity index (χ4n) is 5.82. The Hall–Kier alpha value is 0.150. The average molecular weight is 678 g/mol. The van der Waals surface area contributed by atoms with Crippen molar-refractivity contribution in [2.45, 2.75) is 194 Å². The van der Waals surface area contributed by atoms with Gasteiger partial charge >= 0.3 is 0 Å². The Morgan fingerprint density at radius 2 is 0.543 bits per heavy atom. The smallest absolute Gasteiger partial charge is 0.0447 e. The predicted octanol–water partition coefficient (Wildman–Crippen LogP) is 10.9. The summed E-state index contributed by atoms with van der Waals surface area (Å²) >= 11 is 2.04. The van der Waals surface area contributed by atoms with Gasteiger partial charge in [0.05, 0.1) is 0 Å². The summed E-state index contributed by atoms with van der Waals surface area (Å²) < 4.78 is 0. The van der Waals surface area contributed by atoms with Gasteiger partial charge in [0.15, 0.2) is 0 Å². The quantitative estimate of drug-likeness (QED) is 0.286. The third kappa shape index (κ3) is 26.1. The molecular weight excluding hydrogens is 583 g/mol. The maximum atomic E-state index is 2.56. The fourth-order valence-corrected chi connectivity index (χ4v) is 6.97. The summed E-state index contributed by atoms with van der Waals surface area (Å²) in [5.74, 6) is 2.58. The molecule has 0 amide bonds. The SMILES string of the molecule is C.C.C.C.C.CC(C)N1CCC1.CC(C)N1CCCC1.CC(C)N1CCCCC1.CC(C)N1CCCCC1.CC(C)N1CCSC1. The lowest BCUT2D eigenvalue weighted by Crippen LogP contribution is -2.41. The molecule has 6 heteroatoms. The van der Waals surface area contributed by atoms with E-state index in [1.807, 2.05) is 11.8 Å². The second kappa shape index (κ2) is 33.6. The Morgan fingerprint density at radius 3 is 0.674 bits per heavy atom. The van der Waals surface area contributed by atoms with Crippen molar-refractivity contribution in [1.82, 2.24) is 24.5 Å². The van der Waals surface area contributed by atoms with Gasteiger partial charge in [0.1, 0.15) is 0 Å².